The number of fused-ring (bicyclic) bond motifs is 1. The standard InChI is InChI=1S/C21H20N4O2/c1-4-11-25-19-12-17(27-3)9-10-18(19)24-20(25)14(2)23-21(26)16-7-5-15(13-22)6-8-16/h4-10,12,14H,1,11H2,2-3H3,(H,23,26). The van der Waals surface area contributed by atoms with E-state index in [1.54, 1.807) is 37.5 Å². The van der Waals surface area contributed by atoms with Crippen LogP contribution in [0.15, 0.2) is 55.1 Å². The highest BCUT2D eigenvalue weighted by Crippen LogP contribution is 2.25. The highest BCUT2D eigenvalue weighted by Gasteiger charge is 2.19. The summed E-state index contributed by atoms with van der Waals surface area (Å²) < 4.78 is 7.32. The first-order chi connectivity index (χ1) is 13.1. The third-order valence-electron chi connectivity index (χ3n) is 4.31. The lowest BCUT2D eigenvalue weighted by Gasteiger charge is -2.15. The first-order valence-corrected chi connectivity index (χ1v) is 8.53. The van der Waals surface area contributed by atoms with Crippen molar-refractivity contribution >= 4 is 16.9 Å². The van der Waals surface area contributed by atoms with Gasteiger partial charge in [-0.2, -0.15) is 5.26 Å². The van der Waals surface area contributed by atoms with Gasteiger partial charge < -0.3 is 14.6 Å². The van der Waals surface area contributed by atoms with E-state index in [-0.39, 0.29) is 11.9 Å². The second-order valence-electron chi connectivity index (χ2n) is 6.11. The maximum absolute atomic E-state index is 12.5. The smallest absolute Gasteiger partial charge is 0.251 e. The average molecular weight is 360 g/mol. The minimum Gasteiger partial charge on any atom is -0.497 e. The van der Waals surface area contributed by atoms with Crippen LogP contribution in [0, 0.1) is 11.3 Å². The molecule has 0 radical (unpaired) electrons. The topological polar surface area (TPSA) is 79.9 Å². The molecule has 0 fully saturated rings. The molecule has 6 nitrogen and oxygen atoms in total. The van der Waals surface area contributed by atoms with Gasteiger partial charge in [0.2, 0.25) is 0 Å². The summed E-state index contributed by atoms with van der Waals surface area (Å²) in [5.74, 6) is 1.26. The molecule has 1 atom stereocenters. The van der Waals surface area contributed by atoms with Gasteiger partial charge in [-0.05, 0) is 43.3 Å². The van der Waals surface area contributed by atoms with E-state index in [0.717, 1.165) is 22.6 Å². The van der Waals surface area contributed by atoms with Crippen molar-refractivity contribution in [2.75, 3.05) is 7.11 Å². The molecule has 1 aromatic heterocycles. The number of imidazole rings is 1. The number of hydrogen-bond acceptors (Lipinski definition) is 4. The van der Waals surface area contributed by atoms with Crippen molar-refractivity contribution in [1.82, 2.24) is 14.9 Å². The fraction of sp³-hybridized carbons (Fsp3) is 0.190. The normalized spacial score (nSPS) is 11.6. The zero-order valence-corrected chi connectivity index (χ0v) is 15.3. The molecule has 6 heteroatoms. The lowest BCUT2D eigenvalue weighted by molar-refractivity contribution is 0.0938. The molecule has 0 spiro atoms. The molecule has 0 saturated carbocycles. The molecule has 0 bridgehead atoms. The molecule has 1 unspecified atom stereocenters. The summed E-state index contributed by atoms with van der Waals surface area (Å²) >= 11 is 0. The van der Waals surface area contributed by atoms with Crippen molar-refractivity contribution in [2.24, 2.45) is 0 Å². The molecule has 1 amide bonds. The Kier molecular flexibility index (Phi) is 5.23. The van der Waals surface area contributed by atoms with Crippen molar-refractivity contribution < 1.29 is 9.53 Å². The second-order valence-corrected chi connectivity index (χ2v) is 6.11. The van der Waals surface area contributed by atoms with Gasteiger partial charge in [0.25, 0.3) is 5.91 Å². The van der Waals surface area contributed by atoms with Crippen LogP contribution in [0.3, 0.4) is 0 Å². The number of nitrogens with zero attached hydrogens (tertiary/aromatic N) is 3. The second kappa shape index (κ2) is 7.75. The SMILES string of the molecule is C=CCn1c(C(C)NC(=O)c2ccc(C#N)cc2)nc2ccc(OC)cc21. The maximum Gasteiger partial charge on any atom is 0.251 e. The number of aromatic nitrogens is 2. The van der Waals surface area contributed by atoms with Gasteiger partial charge in [0.15, 0.2) is 0 Å². The number of carbonyl (C=O) groups is 1. The Hall–Kier alpha value is -3.59. The van der Waals surface area contributed by atoms with Crippen LogP contribution < -0.4 is 10.1 Å². The van der Waals surface area contributed by atoms with E-state index in [9.17, 15) is 4.79 Å². The summed E-state index contributed by atoms with van der Waals surface area (Å²) in [6, 6.07) is 13.9. The van der Waals surface area contributed by atoms with E-state index in [2.05, 4.69) is 16.9 Å². The number of amides is 1. The van der Waals surface area contributed by atoms with Gasteiger partial charge in [0.1, 0.15) is 11.6 Å². The number of hydrogen-bond donors (Lipinski definition) is 1. The Balaban J connectivity index is 1.90. The monoisotopic (exact) mass is 360 g/mol. The molecular weight excluding hydrogens is 340 g/mol. The zero-order valence-electron chi connectivity index (χ0n) is 15.3. The summed E-state index contributed by atoms with van der Waals surface area (Å²) in [4.78, 5) is 17.2. The van der Waals surface area contributed by atoms with Crippen LogP contribution in [-0.2, 0) is 6.54 Å². The van der Waals surface area contributed by atoms with E-state index in [1.165, 1.54) is 0 Å². The summed E-state index contributed by atoms with van der Waals surface area (Å²) in [5, 5.41) is 11.8. The third-order valence-corrected chi connectivity index (χ3v) is 4.31. The van der Waals surface area contributed by atoms with Gasteiger partial charge in [-0.3, -0.25) is 4.79 Å². The van der Waals surface area contributed by atoms with E-state index >= 15 is 0 Å². The highest BCUT2D eigenvalue weighted by molar-refractivity contribution is 5.94. The van der Waals surface area contributed by atoms with Crippen LogP contribution >= 0.6 is 0 Å². The minimum atomic E-state index is -0.313. The van der Waals surface area contributed by atoms with Gasteiger partial charge in [-0.25, -0.2) is 4.98 Å². The van der Waals surface area contributed by atoms with Gasteiger partial charge >= 0.3 is 0 Å². The maximum atomic E-state index is 12.5. The summed E-state index contributed by atoms with van der Waals surface area (Å²) in [5.41, 5.74) is 2.76. The summed E-state index contributed by atoms with van der Waals surface area (Å²) in [6.07, 6.45) is 1.79. The number of benzene rings is 2. The van der Waals surface area contributed by atoms with Crippen LogP contribution in [0.1, 0.15) is 34.7 Å². The average Bonchev–Trinajstić information content (AvgIpc) is 3.06. The highest BCUT2D eigenvalue weighted by atomic mass is 16.5. The third kappa shape index (κ3) is 3.67. The number of nitriles is 1. The Morgan fingerprint density at radius 2 is 2.11 bits per heavy atom. The lowest BCUT2D eigenvalue weighted by Crippen LogP contribution is -2.28. The molecule has 27 heavy (non-hydrogen) atoms. The molecule has 0 aliphatic rings. The van der Waals surface area contributed by atoms with E-state index < -0.39 is 0 Å². The van der Waals surface area contributed by atoms with Crippen molar-refractivity contribution in [3.63, 3.8) is 0 Å². The predicted octanol–water partition coefficient (Wildman–Crippen LogP) is 3.59. The van der Waals surface area contributed by atoms with Crippen molar-refractivity contribution in [3.05, 3.63) is 72.1 Å². The summed E-state index contributed by atoms with van der Waals surface area (Å²) in [6.45, 7) is 6.27. The Labute approximate surface area is 157 Å². The van der Waals surface area contributed by atoms with Crippen molar-refractivity contribution in [2.45, 2.75) is 19.5 Å². The Bertz CT molecular complexity index is 1030. The number of rotatable bonds is 6. The number of carbonyl (C=O) groups excluding carboxylic acids is 1. The minimum absolute atomic E-state index is 0.221. The molecule has 1 N–H and O–H groups in total. The fourth-order valence-electron chi connectivity index (χ4n) is 2.94. The Morgan fingerprint density at radius 1 is 1.37 bits per heavy atom. The first-order valence-electron chi connectivity index (χ1n) is 8.53. The quantitative estimate of drug-likeness (QED) is 0.681. The molecule has 3 aromatic rings. The zero-order chi connectivity index (χ0) is 19.4. The number of ether oxygens (including phenoxy) is 1. The molecule has 3 rings (SSSR count). The Morgan fingerprint density at radius 3 is 2.74 bits per heavy atom. The molecular formula is C21H20N4O2. The fourth-order valence-corrected chi connectivity index (χ4v) is 2.94. The van der Waals surface area contributed by atoms with Crippen LogP contribution in [0.2, 0.25) is 0 Å². The lowest BCUT2D eigenvalue weighted by atomic mass is 10.1. The van der Waals surface area contributed by atoms with Gasteiger partial charge in [0, 0.05) is 18.2 Å². The predicted molar refractivity (Wildman–Crippen MR) is 104 cm³/mol. The van der Waals surface area contributed by atoms with Crippen LogP contribution in [0.25, 0.3) is 11.0 Å². The van der Waals surface area contributed by atoms with Crippen molar-refractivity contribution in [3.8, 4) is 11.8 Å². The number of methoxy groups -OCH3 is 1. The molecule has 2 aromatic carbocycles. The summed E-state index contributed by atoms with van der Waals surface area (Å²) in [7, 11) is 1.62. The van der Waals surface area contributed by atoms with Crippen LogP contribution in [0.4, 0.5) is 0 Å². The molecule has 0 aliphatic heterocycles. The van der Waals surface area contributed by atoms with Crippen molar-refractivity contribution in [1.29, 1.82) is 5.26 Å². The molecule has 0 aliphatic carbocycles. The first kappa shape index (κ1) is 18.2. The van der Waals surface area contributed by atoms with E-state index in [1.807, 2.05) is 35.8 Å². The number of nitrogens with one attached hydrogen (secondary N) is 1. The molecule has 0 saturated heterocycles. The molecule has 136 valence electrons. The van der Waals surface area contributed by atoms with E-state index in [4.69, 9.17) is 10.00 Å². The van der Waals surface area contributed by atoms with Crippen LogP contribution in [0.5, 0.6) is 5.75 Å². The van der Waals surface area contributed by atoms with E-state index in [0.29, 0.717) is 17.7 Å². The van der Waals surface area contributed by atoms with Crippen LogP contribution in [-0.4, -0.2) is 22.6 Å². The van der Waals surface area contributed by atoms with Gasteiger partial charge in [-0.1, -0.05) is 6.08 Å². The number of allylic oxidation sites excluding steroid dienone is 1. The van der Waals surface area contributed by atoms with Gasteiger partial charge in [-0.15, -0.1) is 6.58 Å². The largest absolute Gasteiger partial charge is 0.497 e. The van der Waals surface area contributed by atoms with Gasteiger partial charge in [0.05, 0.1) is 35.8 Å². The molecule has 1 heterocycles.